The molecule has 0 radical (unpaired) electrons. The van der Waals surface area contributed by atoms with Crippen LogP contribution >= 0.6 is 0 Å². The average molecular weight is 156 g/mol. The number of halogens is 3. The van der Waals surface area contributed by atoms with E-state index in [0.717, 1.165) is 0 Å². The minimum absolute atomic E-state index is 1.24. The van der Waals surface area contributed by atoms with Crippen LogP contribution in [-0.2, 0) is 9.74 Å². The molecule has 0 aromatic rings. The Morgan fingerprint density at radius 1 is 1.50 bits per heavy atom. The molecule has 0 rings (SSSR count). The molecule has 0 spiro atoms. The van der Waals surface area contributed by atoms with Crippen molar-refractivity contribution in [1.82, 2.24) is 0 Å². The normalized spacial score (nSPS) is 8.80. The van der Waals surface area contributed by atoms with E-state index in [9.17, 15) is 18.1 Å². The molecule has 0 aliphatic heterocycles. The van der Waals surface area contributed by atoms with Gasteiger partial charge < -0.3 is 5.11 Å². The van der Waals surface area contributed by atoms with Crippen molar-refractivity contribution >= 4 is 5.97 Å². The lowest BCUT2D eigenvalue weighted by Gasteiger charge is -1.93. The van der Waals surface area contributed by atoms with Crippen molar-refractivity contribution < 1.29 is 28.1 Å². The number of hydrogen-bond acceptors (Lipinski definition) is 3. The van der Waals surface area contributed by atoms with Crippen LogP contribution in [0, 0.1) is 0 Å². The standard InChI is InChI=1S/C4H3F3O3/c5-3(6)2(1-8)4(9)10-7/h8H,1H2. The maximum Gasteiger partial charge on any atom is 0.383 e. The molecule has 0 heterocycles. The second-order valence-corrected chi connectivity index (χ2v) is 1.26. The fraction of sp³-hybridized carbons (Fsp3) is 0.250. The maximum absolute atomic E-state index is 11.4. The first-order chi connectivity index (χ1) is 4.63. The van der Waals surface area contributed by atoms with Crippen molar-refractivity contribution in [1.29, 1.82) is 0 Å². The summed E-state index contributed by atoms with van der Waals surface area (Å²) in [6.45, 7) is -1.24. The van der Waals surface area contributed by atoms with Crippen molar-refractivity contribution in [2.75, 3.05) is 6.61 Å². The first-order valence-corrected chi connectivity index (χ1v) is 2.11. The lowest BCUT2D eigenvalue weighted by molar-refractivity contribution is -0.179. The van der Waals surface area contributed by atoms with Crippen LogP contribution in [0.2, 0.25) is 0 Å². The van der Waals surface area contributed by atoms with Crippen LogP contribution in [0.1, 0.15) is 0 Å². The van der Waals surface area contributed by atoms with Gasteiger partial charge in [-0.3, -0.25) is 0 Å². The van der Waals surface area contributed by atoms with Crippen LogP contribution in [0.5, 0.6) is 0 Å². The summed E-state index contributed by atoms with van der Waals surface area (Å²) in [5.74, 6) is -1.87. The molecule has 0 aliphatic carbocycles. The first-order valence-electron chi connectivity index (χ1n) is 2.11. The molecule has 0 saturated carbocycles. The second kappa shape index (κ2) is 3.89. The minimum atomic E-state index is -2.45. The van der Waals surface area contributed by atoms with Crippen molar-refractivity contribution in [3.63, 3.8) is 0 Å². The molecule has 0 aliphatic rings. The third kappa shape index (κ3) is 2.06. The van der Waals surface area contributed by atoms with Crippen molar-refractivity contribution in [3.05, 3.63) is 11.7 Å². The first kappa shape index (κ1) is 8.96. The van der Waals surface area contributed by atoms with Gasteiger partial charge in [0.15, 0.2) is 0 Å². The molecule has 58 valence electrons. The van der Waals surface area contributed by atoms with E-state index >= 15 is 0 Å². The Kier molecular flexibility index (Phi) is 3.48. The van der Waals surface area contributed by atoms with Crippen molar-refractivity contribution in [2.24, 2.45) is 0 Å². The molecule has 10 heavy (non-hydrogen) atoms. The highest BCUT2D eigenvalue weighted by molar-refractivity contribution is 5.88. The average Bonchev–Trinajstić information content (AvgIpc) is 1.88. The number of carbonyl (C=O) groups is 1. The van der Waals surface area contributed by atoms with Crippen LogP contribution in [0.3, 0.4) is 0 Å². The minimum Gasteiger partial charge on any atom is -0.391 e. The Balaban J connectivity index is 4.37. The molecule has 0 amide bonds. The van der Waals surface area contributed by atoms with E-state index in [4.69, 9.17) is 5.11 Å². The molecule has 0 fully saturated rings. The number of aliphatic hydroxyl groups is 1. The summed E-state index contributed by atoms with van der Waals surface area (Å²) in [5.41, 5.74) is -1.37. The van der Waals surface area contributed by atoms with Crippen LogP contribution in [0.25, 0.3) is 0 Å². The second-order valence-electron chi connectivity index (χ2n) is 1.26. The van der Waals surface area contributed by atoms with Crippen molar-refractivity contribution in [2.45, 2.75) is 0 Å². The van der Waals surface area contributed by atoms with E-state index < -0.39 is 24.2 Å². The molecule has 0 aromatic carbocycles. The third-order valence-corrected chi connectivity index (χ3v) is 0.703. The number of rotatable bonds is 2. The Morgan fingerprint density at radius 2 is 2.00 bits per heavy atom. The zero-order valence-corrected chi connectivity index (χ0v) is 4.60. The van der Waals surface area contributed by atoms with Crippen LogP contribution < -0.4 is 0 Å². The quantitative estimate of drug-likeness (QED) is 0.594. The Bertz CT molecular complexity index is 161. The fourth-order valence-corrected chi connectivity index (χ4v) is 0.248. The number of aliphatic hydroxyl groups excluding tert-OH is 1. The highest BCUT2D eigenvalue weighted by Crippen LogP contribution is 2.08. The summed E-state index contributed by atoms with van der Waals surface area (Å²) < 4.78 is 33.6. The van der Waals surface area contributed by atoms with Gasteiger partial charge in [0, 0.05) is 4.53 Å². The molecule has 0 atom stereocenters. The van der Waals surface area contributed by atoms with Crippen molar-refractivity contribution in [3.8, 4) is 0 Å². The van der Waals surface area contributed by atoms with Gasteiger partial charge in [0.1, 0.15) is 5.57 Å². The molecule has 6 heteroatoms. The Morgan fingerprint density at radius 3 is 2.10 bits per heavy atom. The molecular weight excluding hydrogens is 153 g/mol. The highest BCUT2D eigenvalue weighted by atomic mass is 19.3. The Labute approximate surface area is 53.6 Å². The number of hydrogen-bond donors (Lipinski definition) is 1. The molecular formula is C4H3F3O3. The highest BCUT2D eigenvalue weighted by Gasteiger charge is 2.17. The zero-order valence-electron chi connectivity index (χ0n) is 4.60. The van der Waals surface area contributed by atoms with Crippen LogP contribution in [0.15, 0.2) is 11.7 Å². The van der Waals surface area contributed by atoms with E-state index in [-0.39, 0.29) is 0 Å². The molecule has 0 saturated heterocycles. The van der Waals surface area contributed by atoms with Gasteiger partial charge in [-0.05, 0) is 0 Å². The molecule has 1 N–H and O–H groups in total. The van der Waals surface area contributed by atoms with Gasteiger partial charge >= 0.3 is 5.97 Å². The van der Waals surface area contributed by atoms with Gasteiger partial charge in [0.2, 0.25) is 0 Å². The van der Waals surface area contributed by atoms with Gasteiger partial charge in [-0.1, -0.05) is 0 Å². The summed E-state index contributed by atoms with van der Waals surface area (Å²) in [6.07, 6.45) is -2.45. The molecule has 0 aromatic heterocycles. The zero-order chi connectivity index (χ0) is 8.15. The van der Waals surface area contributed by atoms with Crippen LogP contribution in [-0.4, -0.2) is 17.7 Å². The summed E-state index contributed by atoms with van der Waals surface area (Å²) in [4.78, 5) is 12.3. The molecule has 0 unspecified atom stereocenters. The lowest BCUT2D eigenvalue weighted by Crippen LogP contribution is -2.07. The van der Waals surface area contributed by atoms with E-state index in [1.165, 1.54) is 0 Å². The van der Waals surface area contributed by atoms with Gasteiger partial charge in [0.05, 0.1) is 6.61 Å². The maximum atomic E-state index is 11.4. The van der Waals surface area contributed by atoms with Gasteiger partial charge in [-0.25, -0.2) is 9.74 Å². The molecule has 0 bridgehead atoms. The largest absolute Gasteiger partial charge is 0.391 e. The number of carbonyl (C=O) groups excluding carboxylic acids is 1. The smallest absolute Gasteiger partial charge is 0.383 e. The fourth-order valence-electron chi connectivity index (χ4n) is 0.248. The summed E-state index contributed by atoms with van der Waals surface area (Å²) in [6, 6.07) is 0. The third-order valence-electron chi connectivity index (χ3n) is 0.703. The van der Waals surface area contributed by atoms with E-state index in [2.05, 4.69) is 4.94 Å². The summed E-state index contributed by atoms with van der Waals surface area (Å²) >= 11 is 0. The van der Waals surface area contributed by atoms with Crippen LogP contribution in [0.4, 0.5) is 13.3 Å². The SMILES string of the molecule is O=C(OF)C(CO)=C(F)F. The summed E-state index contributed by atoms with van der Waals surface area (Å²) in [7, 11) is 0. The van der Waals surface area contributed by atoms with E-state index in [1.54, 1.807) is 0 Å². The molecule has 3 nitrogen and oxygen atoms in total. The predicted octanol–water partition coefficient (Wildman–Crippen LogP) is 0.557. The van der Waals surface area contributed by atoms with E-state index in [0.29, 0.717) is 0 Å². The topological polar surface area (TPSA) is 46.5 Å². The van der Waals surface area contributed by atoms with Gasteiger partial charge in [-0.2, -0.15) is 8.78 Å². The van der Waals surface area contributed by atoms with Gasteiger partial charge in [-0.15, -0.1) is 0 Å². The Hall–Kier alpha value is -1.04. The van der Waals surface area contributed by atoms with Gasteiger partial charge in [0.25, 0.3) is 6.08 Å². The lowest BCUT2D eigenvalue weighted by atomic mass is 10.3. The summed E-state index contributed by atoms with van der Waals surface area (Å²) in [5, 5.41) is 7.99. The monoisotopic (exact) mass is 156 g/mol. The van der Waals surface area contributed by atoms with E-state index in [1.807, 2.05) is 0 Å². The predicted molar refractivity (Wildman–Crippen MR) is 23.5 cm³/mol.